The first-order valence-corrected chi connectivity index (χ1v) is 8.81. The van der Waals surface area contributed by atoms with Gasteiger partial charge in [-0.25, -0.2) is 9.78 Å². The monoisotopic (exact) mass is 347 g/mol. The van der Waals surface area contributed by atoms with Crippen LogP contribution in [0.15, 0.2) is 23.8 Å². The first kappa shape index (κ1) is 15.9. The van der Waals surface area contributed by atoms with Crippen molar-refractivity contribution in [1.82, 2.24) is 9.97 Å². The van der Waals surface area contributed by atoms with E-state index in [2.05, 4.69) is 21.4 Å². The molecule has 0 aromatic carbocycles. The van der Waals surface area contributed by atoms with Gasteiger partial charge in [-0.15, -0.1) is 22.7 Å². The fourth-order valence-electron chi connectivity index (χ4n) is 2.05. The first-order valence-electron chi connectivity index (χ1n) is 7.12. The molecule has 0 spiro atoms. The Labute approximate surface area is 142 Å². The summed E-state index contributed by atoms with van der Waals surface area (Å²) in [7, 11) is 0. The van der Waals surface area contributed by atoms with Crippen molar-refractivity contribution >= 4 is 44.7 Å². The number of nitrogens with one attached hydrogen (secondary N) is 1. The molecule has 1 amide bonds. The van der Waals surface area contributed by atoms with E-state index in [0.717, 1.165) is 20.1 Å². The molecule has 0 radical (unpaired) electrons. The third kappa shape index (κ3) is 3.68. The minimum absolute atomic E-state index is 0.495. The van der Waals surface area contributed by atoms with Gasteiger partial charge in [-0.2, -0.15) is 0 Å². The summed E-state index contributed by atoms with van der Waals surface area (Å²) >= 11 is 3.14. The number of hydrogen-bond donors (Lipinski definition) is 1. The average Bonchev–Trinajstić information content (AvgIpc) is 3.03. The molecule has 0 aliphatic heterocycles. The maximum atomic E-state index is 11.8. The Hall–Kier alpha value is -1.99. The van der Waals surface area contributed by atoms with E-state index in [0.29, 0.717) is 5.82 Å². The lowest BCUT2D eigenvalue weighted by Gasteiger charge is -2.19. The summed E-state index contributed by atoms with van der Waals surface area (Å²) in [6, 6.07) is 2.12. The van der Waals surface area contributed by atoms with Gasteiger partial charge in [-0.05, 0) is 44.7 Å². The molecule has 3 heterocycles. The van der Waals surface area contributed by atoms with Crippen LogP contribution in [-0.2, 0) is 4.74 Å². The third-order valence-corrected chi connectivity index (χ3v) is 5.07. The largest absolute Gasteiger partial charge is 0.444 e. The number of thiophene rings is 1. The zero-order valence-electron chi connectivity index (χ0n) is 13.3. The van der Waals surface area contributed by atoms with Crippen molar-refractivity contribution in [1.29, 1.82) is 0 Å². The second-order valence-corrected chi connectivity index (χ2v) is 8.09. The normalized spacial score (nSPS) is 11.7. The van der Waals surface area contributed by atoms with E-state index in [9.17, 15) is 4.79 Å². The van der Waals surface area contributed by atoms with Gasteiger partial charge >= 0.3 is 6.09 Å². The lowest BCUT2D eigenvalue weighted by molar-refractivity contribution is 0.0635. The predicted octanol–water partition coefficient (Wildman–Crippen LogP) is 5.08. The summed E-state index contributed by atoms with van der Waals surface area (Å²) in [5, 5.41) is 6.54. The number of aryl methyl sites for hydroxylation is 1. The molecule has 0 atom stereocenters. The highest BCUT2D eigenvalue weighted by Gasteiger charge is 2.17. The van der Waals surface area contributed by atoms with Gasteiger partial charge in [0.1, 0.15) is 16.4 Å². The molecule has 0 aliphatic rings. The zero-order valence-corrected chi connectivity index (χ0v) is 15.0. The van der Waals surface area contributed by atoms with Crippen LogP contribution in [0.3, 0.4) is 0 Å². The van der Waals surface area contributed by atoms with E-state index in [1.807, 2.05) is 45.5 Å². The minimum atomic E-state index is -0.529. The number of carbonyl (C=O) groups excluding carboxylic acids is 1. The molecule has 5 nitrogen and oxygen atoms in total. The molecule has 3 aromatic heterocycles. The molecule has 0 bridgehead atoms. The fraction of sp³-hybridized carbons (Fsp3) is 0.312. The van der Waals surface area contributed by atoms with Crippen molar-refractivity contribution in [3.05, 3.63) is 29.4 Å². The molecule has 23 heavy (non-hydrogen) atoms. The Balaban J connectivity index is 1.81. The summed E-state index contributed by atoms with van der Waals surface area (Å²) in [5.41, 5.74) is 0.618. The van der Waals surface area contributed by atoms with Gasteiger partial charge in [-0.3, -0.25) is 10.3 Å². The molecule has 0 saturated carbocycles. The summed E-state index contributed by atoms with van der Waals surface area (Å²) in [5.74, 6) is 0.506. The molecule has 120 valence electrons. The second kappa shape index (κ2) is 5.90. The maximum Gasteiger partial charge on any atom is 0.413 e. The van der Waals surface area contributed by atoms with Crippen LogP contribution in [0, 0.1) is 6.92 Å². The van der Waals surface area contributed by atoms with Gasteiger partial charge in [0.2, 0.25) is 0 Å². The van der Waals surface area contributed by atoms with Crippen LogP contribution in [0.1, 0.15) is 26.3 Å². The van der Waals surface area contributed by atoms with E-state index in [1.54, 1.807) is 11.3 Å². The van der Waals surface area contributed by atoms with Gasteiger partial charge in [0, 0.05) is 17.8 Å². The average molecular weight is 347 g/mol. The zero-order chi connectivity index (χ0) is 16.6. The van der Waals surface area contributed by atoms with E-state index in [-0.39, 0.29) is 0 Å². The molecule has 0 fully saturated rings. The van der Waals surface area contributed by atoms with Crippen molar-refractivity contribution in [3.8, 4) is 9.88 Å². The molecule has 0 saturated heterocycles. The van der Waals surface area contributed by atoms with Gasteiger partial charge in [0.15, 0.2) is 0 Å². The SMILES string of the molecule is Cc1cncc2sc(-c3nc(NC(=O)OC(C)(C)C)cs3)cc12. The first-order chi connectivity index (χ1) is 10.8. The number of anilines is 1. The smallest absolute Gasteiger partial charge is 0.413 e. The van der Waals surface area contributed by atoms with Gasteiger partial charge in [0.25, 0.3) is 0 Å². The van der Waals surface area contributed by atoms with E-state index < -0.39 is 11.7 Å². The Kier molecular flexibility index (Phi) is 4.08. The Morgan fingerprint density at radius 3 is 2.78 bits per heavy atom. The summed E-state index contributed by atoms with van der Waals surface area (Å²) in [6.45, 7) is 7.52. The molecule has 3 aromatic rings. The van der Waals surface area contributed by atoms with Gasteiger partial charge in [-0.1, -0.05) is 0 Å². The van der Waals surface area contributed by atoms with Gasteiger partial charge in [0.05, 0.1) is 9.58 Å². The quantitative estimate of drug-likeness (QED) is 0.702. The number of pyridine rings is 1. The Morgan fingerprint density at radius 1 is 1.30 bits per heavy atom. The Morgan fingerprint density at radius 2 is 2.09 bits per heavy atom. The fourth-order valence-corrected chi connectivity index (χ4v) is 3.97. The van der Waals surface area contributed by atoms with Crippen molar-refractivity contribution in [2.24, 2.45) is 0 Å². The van der Waals surface area contributed by atoms with Crippen LogP contribution in [0.2, 0.25) is 0 Å². The van der Waals surface area contributed by atoms with Crippen LogP contribution in [0.5, 0.6) is 0 Å². The second-order valence-electron chi connectivity index (χ2n) is 6.14. The highest BCUT2D eigenvalue weighted by Crippen LogP contribution is 2.36. The minimum Gasteiger partial charge on any atom is -0.444 e. The van der Waals surface area contributed by atoms with Crippen LogP contribution in [-0.4, -0.2) is 21.7 Å². The van der Waals surface area contributed by atoms with Crippen molar-refractivity contribution in [3.63, 3.8) is 0 Å². The number of rotatable bonds is 2. The van der Waals surface area contributed by atoms with Crippen LogP contribution in [0.4, 0.5) is 10.6 Å². The predicted molar refractivity (Wildman–Crippen MR) is 95.3 cm³/mol. The van der Waals surface area contributed by atoms with Crippen molar-refractivity contribution < 1.29 is 9.53 Å². The van der Waals surface area contributed by atoms with E-state index >= 15 is 0 Å². The molecule has 0 unspecified atom stereocenters. The third-order valence-electron chi connectivity index (χ3n) is 2.99. The summed E-state index contributed by atoms with van der Waals surface area (Å²) in [6.07, 6.45) is 3.23. The molecule has 3 rings (SSSR count). The lowest BCUT2D eigenvalue weighted by Crippen LogP contribution is -2.27. The highest BCUT2D eigenvalue weighted by atomic mass is 32.1. The summed E-state index contributed by atoms with van der Waals surface area (Å²) < 4.78 is 6.37. The maximum absolute atomic E-state index is 11.8. The molecule has 0 aliphatic carbocycles. The van der Waals surface area contributed by atoms with Crippen molar-refractivity contribution in [2.45, 2.75) is 33.3 Å². The standard InChI is InChI=1S/C16H17N3O2S2/c1-9-6-17-7-12-10(9)5-11(23-12)14-18-13(8-22-14)19-15(20)21-16(2,3)4/h5-8H,1-4H3,(H,19,20). The number of fused-ring (bicyclic) bond motifs is 1. The number of hydrogen-bond acceptors (Lipinski definition) is 6. The number of carbonyl (C=O) groups is 1. The number of aromatic nitrogens is 2. The summed E-state index contributed by atoms with van der Waals surface area (Å²) in [4.78, 5) is 21.5. The van der Waals surface area contributed by atoms with Crippen LogP contribution >= 0.6 is 22.7 Å². The van der Waals surface area contributed by atoms with Crippen LogP contribution in [0.25, 0.3) is 20.0 Å². The number of thiazole rings is 1. The molecular formula is C16H17N3O2S2. The van der Waals surface area contributed by atoms with Crippen LogP contribution < -0.4 is 5.32 Å². The number of ether oxygens (including phenoxy) is 1. The van der Waals surface area contributed by atoms with Gasteiger partial charge < -0.3 is 4.74 Å². The lowest BCUT2D eigenvalue weighted by atomic mass is 10.2. The molecular weight excluding hydrogens is 330 g/mol. The topological polar surface area (TPSA) is 64.1 Å². The Bertz CT molecular complexity index is 862. The van der Waals surface area contributed by atoms with E-state index in [4.69, 9.17) is 4.74 Å². The van der Waals surface area contributed by atoms with Crippen molar-refractivity contribution in [2.75, 3.05) is 5.32 Å². The molecule has 7 heteroatoms. The highest BCUT2D eigenvalue weighted by molar-refractivity contribution is 7.25. The molecule has 1 N–H and O–H groups in total. The number of nitrogens with zero attached hydrogens (tertiary/aromatic N) is 2. The number of amides is 1. The van der Waals surface area contributed by atoms with E-state index in [1.165, 1.54) is 16.7 Å².